The molecule has 0 bridgehead atoms. The number of benzene rings is 1. The molecule has 0 amide bonds. The highest BCUT2D eigenvalue weighted by Crippen LogP contribution is 2.36. The summed E-state index contributed by atoms with van der Waals surface area (Å²) < 4.78 is 17.3. The molecule has 0 atom stereocenters. The summed E-state index contributed by atoms with van der Waals surface area (Å²) >= 11 is 0. The van der Waals surface area contributed by atoms with E-state index in [1.807, 2.05) is 39.8 Å². The number of carbonyl (C=O) groups is 1. The maximum absolute atomic E-state index is 10.4. The first-order valence-corrected chi connectivity index (χ1v) is 7.01. The molecule has 0 radical (unpaired) electrons. The van der Waals surface area contributed by atoms with E-state index in [2.05, 4.69) is 0 Å². The molecular formula is C15H21BO5. The molecule has 21 heavy (non-hydrogen) atoms. The normalized spacial score (nSPS) is 19.5. The van der Waals surface area contributed by atoms with Gasteiger partial charge in [0.1, 0.15) is 5.75 Å². The van der Waals surface area contributed by atoms with Crippen LogP contribution in [0.2, 0.25) is 0 Å². The third-order valence-electron chi connectivity index (χ3n) is 3.99. The smallest absolute Gasteiger partial charge is 0.493 e. The number of carboxylic acids is 1. The first-order chi connectivity index (χ1) is 9.71. The minimum atomic E-state index is -0.871. The number of aliphatic carboxylic acids is 1. The van der Waals surface area contributed by atoms with Gasteiger partial charge in [-0.2, -0.15) is 0 Å². The second-order valence-corrected chi connectivity index (χ2v) is 6.15. The van der Waals surface area contributed by atoms with Gasteiger partial charge in [0.15, 0.2) is 0 Å². The topological polar surface area (TPSA) is 65.0 Å². The average molecular weight is 292 g/mol. The van der Waals surface area contributed by atoms with Crippen LogP contribution in [0, 0.1) is 0 Å². The lowest BCUT2D eigenvalue weighted by molar-refractivity contribution is -0.137. The first-order valence-electron chi connectivity index (χ1n) is 7.01. The maximum atomic E-state index is 10.4. The highest BCUT2D eigenvalue weighted by atomic mass is 16.7. The second kappa shape index (κ2) is 5.69. The highest BCUT2D eigenvalue weighted by molar-refractivity contribution is 6.62. The van der Waals surface area contributed by atoms with Gasteiger partial charge >= 0.3 is 13.1 Å². The highest BCUT2D eigenvalue weighted by Gasteiger charge is 2.51. The third-order valence-corrected chi connectivity index (χ3v) is 3.99. The van der Waals surface area contributed by atoms with E-state index in [4.69, 9.17) is 19.2 Å². The van der Waals surface area contributed by atoms with E-state index in [1.54, 1.807) is 12.1 Å². The molecule has 0 aliphatic carbocycles. The molecule has 1 fully saturated rings. The Bertz CT molecular complexity index is 493. The molecule has 0 spiro atoms. The molecule has 5 nitrogen and oxygen atoms in total. The van der Waals surface area contributed by atoms with Crippen LogP contribution in [0.4, 0.5) is 0 Å². The van der Waals surface area contributed by atoms with Crippen LogP contribution < -0.4 is 10.2 Å². The molecule has 1 aromatic rings. The molecule has 1 aliphatic rings. The Hall–Kier alpha value is -1.53. The standard InChI is InChI=1S/C15H21BO5/c1-14(2)15(3,4)21-16(20-14)11-5-7-12(8-6-11)19-10-9-13(17)18/h5-8H,9-10H2,1-4H3,(H,17,18). The summed E-state index contributed by atoms with van der Waals surface area (Å²) in [6.45, 7) is 8.20. The molecule has 1 heterocycles. The Morgan fingerprint density at radius 1 is 1.14 bits per heavy atom. The molecule has 0 aromatic heterocycles. The van der Waals surface area contributed by atoms with Crippen molar-refractivity contribution < 1.29 is 23.9 Å². The van der Waals surface area contributed by atoms with Gasteiger partial charge in [0.05, 0.1) is 24.2 Å². The summed E-state index contributed by atoms with van der Waals surface area (Å²) in [7, 11) is -0.400. The zero-order chi connectivity index (χ0) is 15.7. The Morgan fingerprint density at radius 3 is 2.14 bits per heavy atom. The molecular weight excluding hydrogens is 271 g/mol. The quantitative estimate of drug-likeness (QED) is 0.839. The van der Waals surface area contributed by atoms with Crippen molar-refractivity contribution in [2.24, 2.45) is 0 Å². The summed E-state index contributed by atoms with van der Waals surface area (Å²) in [4.78, 5) is 10.4. The van der Waals surface area contributed by atoms with Crippen LogP contribution in [0.5, 0.6) is 5.75 Å². The summed E-state index contributed by atoms with van der Waals surface area (Å²) in [5.41, 5.74) is 0.182. The zero-order valence-corrected chi connectivity index (χ0v) is 12.9. The molecule has 1 aromatic carbocycles. The van der Waals surface area contributed by atoms with Crippen LogP contribution in [0.3, 0.4) is 0 Å². The van der Waals surface area contributed by atoms with E-state index in [0.717, 1.165) is 5.46 Å². The minimum Gasteiger partial charge on any atom is -0.493 e. The van der Waals surface area contributed by atoms with Crippen molar-refractivity contribution >= 4 is 18.6 Å². The summed E-state index contributed by atoms with van der Waals surface area (Å²) in [6.07, 6.45) is -0.0149. The number of rotatable bonds is 5. The van der Waals surface area contributed by atoms with Crippen molar-refractivity contribution in [3.63, 3.8) is 0 Å². The first kappa shape index (κ1) is 15.9. The number of ether oxygens (including phenoxy) is 1. The van der Waals surface area contributed by atoms with Crippen LogP contribution in [-0.4, -0.2) is 36.0 Å². The van der Waals surface area contributed by atoms with Gasteiger partial charge in [-0.15, -0.1) is 0 Å². The lowest BCUT2D eigenvalue weighted by Gasteiger charge is -2.32. The monoisotopic (exact) mass is 292 g/mol. The third kappa shape index (κ3) is 3.57. The molecule has 1 saturated heterocycles. The Kier molecular flexibility index (Phi) is 4.30. The molecule has 114 valence electrons. The Labute approximate surface area is 125 Å². The van der Waals surface area contributed by atoms with Crippen LogP contribution >= 0.6 is 0 Å². The van der Waals surface area contributed by atoms with E-state index >= 15 is 0 Å². The minimum absolute atomic E-state index is 0.0149. The fourth-order valence-corrected chi connectivity index (χ4v) is 1.96. The summed E-state index contributed by atoms with van der Waals surface area (Å²) in [5.74, 6) is -0.236. The van der Waals surface area contributed by atoms with Crippen LogP contribution in [0.25, 0.3) is 0 Å². The fourth-order valence-electron chi connectivity index (χ4n) is 1.96. The van der Waals surface area contributed by atoms with Gasteiger partial charge in [0.2, 0.25) is 0 Å². The molecule has 1 N–H and O–H groups in total. The lowest BCUT2D eigenvalue weighted by atomic mass is 9.79. The lowest BCUT2D eigenvalue weighted by Crippen LogP contribution is -2.41. The van der Waals surface area contributed by atoms with E-state index in [9.17, 15) is 4.79 Å². The van der Waals surface area contributed by atoms with Crippen LogP contribution in [0.15, 0.2) is 24.3 Å². The van der Waals surface area contributed by atoms with Crippen molar-refractivity contribution in [2.45, 2.75) is 45.3 Å². The predicted molar refractivity (Wildman–Crippen MR) is 79.9 cm³/mol. The average Bonchev–Trinajstić information content (AvgIpc) is 2.59. The predicted octanol–water partition coefficient (Wildman–Crippen LogP) is 1.84. The van der Waals surface area contributed by atoms with E-state index in [1.165, 1.54) is 0 Å². The SMILES string of the molecule is CC1(C)OB(c2ccc(OCCC(=O)O)cc2)OC1(C)C. The van der Waals surface area contributed by atoms with Crippen molar-refractivity contribution in [3.8, 4) is 5.75 Å². The zero-order valence-electron chi connectivity index (χ0n) is 12.9. The van der Waals surface area contributed by atoms with Gasteiger partial charge in [0.25, 0.3) is 0 Å². The fraction of sp³-hybridized carbons (Fsp3) is 0.533. The van der Waals surface area contributed by atoms with Crippen molar-refractivity contribution in [2.75, 3.05) is 6.61 Å². The molecule has 6 heteroatoms. The van der Waals surface area contributed by atoms with Crippen molar-refractivity contribution in [1.82, 2.24) is 0 Å². The molecule has 2 rings (SSSR count). The molecule has 1 aliphatic heterocycles. The number of hydrogen-bond acceptors (Lipinski definition) is 4. The van der Waals surface area contributed by atoms with Crippen molar-refractivity contribution in [3.05, 3.63) is 24.3 Å². The van der Waals surface area contributed by atoms with Gasteiger partial charge in [-0.25, -0.2) is 0 Å². The molecule has 0 saturated carbocycles. The van der Waals surface area contributed by atoms with Crippen LogP contribution in [-0.2, 0) is 14.1 Å². The van der Waals surface area contributed by atoms with Gasteiger partial charge in [-0.05, 0) is 45.3 Å². The second-order valence-electron chi connectivity index (χ2n) is 6.15. The van der Waals surface area contributed by atoms with Crippen molar-refractivity contribution in [1.29, 1.82) is 0 Å². The van der Waals surface area contributed by atoms with Gasteiger partial charge in [-0.3, -0.25) is 4.79 Å². The Morgan fingerprint density at radius 2 is 1.67 bits per heavy atom. The van der Waals surface area contributed by atoms with E-state index < -0.39 is 13.1 Å². The van der Waals surface area contributed by atoms with Crippen LogP contribution in [0.1, 0.15) is 34.1 Å². The van der Waals surface area contributed by atoms with Gasteiger partial charge in [-0.1, -0.05) is 12.1 Å². The van der Waals surface area contributed by atoms with E-state index in [-0.39, 0.29) is 24.2 Å². The Balaban J connectivity index is 1.99. The molecule has 0 unspecified atom stereocenters. The van der Waals surface area contributed by atoms with E-state index in [0.29, 0.717) is 5.75 Å². The summed E-state index contributed by atoms with van der Waals surface area (Å²) in [6, 6.07) is 7.33. The van der Waals surface area contributed by atoms with Gasteiger partial charge in [0, 0.05) is 0 Å². The largest absolute Gasteiger partial charge is 0.494 e. The number of hydrogen-bond donors (Lipinski definition) is 1. The maximum Gasteiger partial charge on any atom is 0.494 e. The van der Waals surface area contributed by atoms with Gasteiger partial charge < -0.3 is 19.2 Å². The summed E-state index contributed by atoms with van der Waals surface area (Å²) in [5, 5.41) is 8.56. The number of carboxylic acid groups (broad SMARTS) is 1.